The van der Waals surface area contributed by atoms with Crippen molar-refractivity contribution in [3.05, 3.63) is 145 Å². The van der Waals surface area contributed by atoms with Crippen molar-refractivity contribution in [2.45, 2.75) is 20.3 Å². The van der Waals surface area contributed by atoms with Crippen molar-refractivity contribution in [3.63, 3.8) is 0 Å². The van der Waals surface area contributed by atoms with E-state index in [9.17, 15) is 0 Å². The third-order valence-electron chi connectivity index (χ3n) is 8.58. The summed E-state index contributed by atoms with van der Waals surface area (Å²) in [6, 6.07) is 48.8. The molecule has 0 aliphatic carbocycles. The first-order chi connectivity index (χ1) is 20.7. The molecule has 1 heterocycles. The molecule has 0 saturated carbocycles. The first-order valence-corrected chi connectivity index (χ1v) is 14.7. The lowest BCUT2D eigenvalue weighted by Gasteiger charge is -2.18. The zero-order valence-electron chi connectivity index (χ0n) is 23.8. The molecule has 0 saturated heterocycles. The molecule has 0 aliphatic heterocycles. The zero-order chi connectivity index (χ0) is 28.2. The highest BCUT2D eigenvalue weighted by molar-refractivity contribution is 6.21. The topological polar surface area (TPSA) is 17.8 Å². The van der Waals surface area contributed by atoms with Crippen LogP contribution >= 0.6 is 0 Å². The summed E-state index contributed by atoms with van der Waals surface area (Å²) in [5.41, 5.74) is 9.61. The molecule has 0 bridgehead atoms. The number of benzene rings is 7. The van der Waals surface area contributed by atoms with Gasteiger partial charge >= 0.3 is 0 Å². The second-order valence-corrected chi connectivity index (χ2v) is 11.2. The second kappa shape index (κ2) is 9.71. The predicted octanol–water partition coefficient (Wildman–Crippen LogP) is 10.7. The highest BCUT2D eigenvalue weighted by atomic mass is 15.1. The number of aryl methyl sites for hydroxylation is 2. The summed E-state index contributed by atoms with van der Waals surface area (Å²) < 4.78 is 2.30. The lowest BCUT2D eigenvalue weighted by molar-refractivity contribution is 0.908. The second-order valence-electron chi connectivity index (χ2n) is 11.2. The standard InChI is InChI=1S/C40H30N2/c1-3-38-41-36-24-26(2)16-23-37(36)42(38)31-21-19-28(20-22-31)39-32-12-6-8-14-34(32)40(35-15-9-7-13-33(35)39)30-18-17-27-10-4-5-11-29(27)25-30/h4-25H,3H2,1-2H3. The molecule has 0 N–H and O–H groups in total. The van der Waals surface area contributed by atoms with Crippen LogP contribution in [0.2, 0.25) is 0 Å². The van der Waals surface area contributed by atoms with Crippen LogP contribution in [0.4, 0.5) is 0 Å². The van der Waals surface area contributed by atoms with Gasteiger partial charge in [-0.3, -0.25) is 4.57 Å². The van der Waals surface area contributed by atoms with Crippen LogP contribution in [-0.2, 0) is 6.42 Å². The average molecular weight is 539 g/mol. The van der Waals surface area contributed by atoms with E-state index in [2.05, 4.69) is 152 Å². The summed E-state index contributed by atoms with van der Waals surface area (Å²) in [6.45, 7) is 4.30. The van der Waals surface area contributed by atoms with Gasteiger partial charge in [0.05, 0.1) is 11.0 Å². The average Bonchev–Trinajstić information content (AvgIpc) is 3.41. The minimum atomic E-state index is 0.876. The predicted molar refractivity (Wildman–Crippen MR) is 179 cm³/mol. The fourth-order valence-corrected chi connectivity index (χ4v) is 6.64. The van der Waals surface area contributed by atoms with Gasteiger partial charge in [0.15, 0.2) is 0 Å². The quantitative estimate of drug-likeness (QED) is 0.204. The van der Waals surface area contributed by atoms with Gasteiger partial charge in [0, 0.05) is 12.1 Å². The van der Waals surface area contributed by atoms with Crippen molar-refractivity contribution in [1.29, 1.82) is 0 Å². The number of hydrogen-bond acceptors (Lipinski definition) is 1. The van der Waals surface area contributed by atoms with Gasteiger partial charge in [-0.1, -0.05) is 110 Å². The SMILES string of the molecule is CCc1nc2cc(C)ccc2n1-c1ccc(-c2c3ccccc3c(-c3ccc4ccccc4c3)c3ccccc23)cc1. The molecule has 7 aromatic carbocycles. The van der Waals surface area contributed by atoms with Crippen molar-refractivity contribution in [2.24, 2.45) is 0 Å². The van der Waals surface area contributed by atoms with Gasteiger partial charge in [0.1, 0.15) is 5.82 Å². The van der Waals surface area contributed by atoms with Gasteiger partial charge in [-0.25, -0.2) is 4.98 Å². The third kappa shape index (κ3) is 3.83. The Morgan fingerprint density at radius 1 is 0.548 bits per heavy atom. The van der Waals surface area contributed by atoms with Crippen LogP contribution in [0.1, 0.15) is 18.3 Å². The molecule has 8 aromatic rings. The van der Waals surface area contributed by atoms with E-state index in [1.54, 1.807) is 0 Å². The summed E-state index contributed by atoms with van der Waals surface area (Å²) in [5, 5.41) is 7.61. The van der Waals surface area contributed by atoms with Crippen LogP contribution in [0.3, 0.4) is 0 Å². The first kappa shape index (κ1) is 24.6. The molecule has 1 aromatic heterocycles. The van der Waals surface area contributed by atoms with Crippen LogP contribution in [0.15, 0.2) is 133 Å². The maximum absolute atomic E-state index is 4.95. The van der Waals surface area contributed by atoms with Crippen LogP contribution in [0.25, 0.3) is 71.3 Å². The molecule has 42 heavy (non-hydrogen) atoms. The number of nitrogens with zero attached hydrogens (tertiary/aromatic N) is 2. The Balaban J connectivity index is 1.35. The third-order valence-corrected chi connectivity index (χ3v) is 8.58. The number of aromatic nitrogens is 2. The van der Waals surface area contributed by atoms with E-state index >= 15 is 0 Å². The molecular formula is C40H30N2. The van der Waals surface area contributed by atoms with E-state index in [1.165, 1.54) is 60.1 Å². The van der Waals surface area contributed by atoms with Gasteiger partial charge in [-0.15, -0.1) is 0 Å². The maximum atomic E-state index is 4.95. The number of hydrogen-bond donors (Lipinski definition) is 0. The van der Waals surface area contributed by atoms with E-state index < -0.39 is 0 Å². The lowest BCUT2D eigenvalue weighted by Crippen LogP contribution is -2.00. The molecular weight excluding hydrogens is 508 g/mol. The summed E-state index contributed by atoms with van der Waals surface area (Å²) in [6.07, 6.45) is 0.876. The Kier molecular flexibility index (Phi) is 5.68. The maximum Gasteiger partial charge on any atom is 0.114 e. The van der Waals surface area contributed by atoms with Crippen LogP contribution < -0.4 is 0 Å². The van der Waals surface area contributed by atoms with Gasteiger partial charge in [-0.05, 0) is 97.4 Å². The van der Waals surface area contributed by atoms with Crippen LogP contribution in [0.5, 0.6) is 0 Å². The molecule has 2 nitrogen and oxygen atoms in total. The molecule has 2 heteroatoms. The highest BCUT2D eigenvalue weighted by Gasteiger charge is 2.17. The molecule has 200 valence electrons. The van der Waals surface area contributed by atoms with Crippen LogP contribution in [-0.4, -0.2) is 9.55 Å². The van der Waals surface area contributed by atoms with Gasteiger partial charge in [-0.2, -0.15) is 0 Å². The summed E-state index contributed by atoms with van der Waals surface area (Å²) in [5.74, 6) is 1.08. The van der Waals surface area contributed by atoms with E-state index in [4.69, 9.17) is 4.98 Å². The molecule has 8 rings (SSSR count). The fraction of sp³-hybridized carbons (Fsp3) is 0.0750. The molecule has 0 aliphatic rings. The minimum Gasteiger partial charge on any atom is -0.296 e. The summed E-state index contributed by atoms with van der Waals surface area (Å²) >= 11 is 0. The Morgan fingerprint density at radius 2 is 1.12 bits per heavy atom. The molecule has 0 amide bonds. The summed E-state index contributed by atoms with van der Waals surface area (Å²) in [4.78, 5) is 4.95. The summed E-state index contributed by atoms with van der Waals surface area (Å²) in [7, 11) is 0. The molecule has 0 radical (unpaired) electrons. The highest BCUT2D eigenvalue weighted by Crippen LogP contribution is 2.44. The van der Waals surface area contributed by atoms with E-state index in [1.807, 2.05) is 0 Å². The molecule has 0 atom stereocenters. The van der Waals surface area contributed by atoms with E-state index in [-0.39, 0.29) is 0 Å². The monoisotopic (exact) mass is 538 g/mol. The van der Waals surface area contributed by atoms with E-state index in [0.717, 1.165) is 29.0 Å². The smallest absolute Gasteiger partial charge is 0.114 e. The molecule has 0 spiro atoms. The number of imidazole rings is 1. The normalized spacial score (nSPS) is 11.7. The van der Waals surface area contributed by atoms with Crippen molar-refractivity contribution < 1.29 is 0 Å². The molecule has 0 fully saturated rings. The van der Waals surface area contributed by atoms with Gasteiger partial charge in [0.2, 0.25) is 0 Å². The van der Waals surface area contributed by atoms with Crippen molar-refractivity contribution in [1.82, 2.24) is 9.55 Å². The zero-order valence-corrected chi connectivity index (χ0v) is 23.8. The van der Waals surface area contributed by atoms with Gasteiger partial charge in [0.25, 0.3) is 0 Å². The number of fused-ring (bicyclic) bond motifs is 4. The minimum absolute atomic E-state index is 0.876. The Bertz CT molecular complexity index is 2230. The largest absolute Gasteiger partial charge is 0.296 e. The fourth-order valence-electron chi connectivity index (χ4n) is 6.64. The van der Waals surface area contributed by atoms with Gasteiger partial charge < -0.3 is 0 Å². The lowest BCUT2D eigenvalue weighted by atomic mass is 9.85. The van der Waals surface area contributed by atoms with Crippen LogP contribution in [0, 0.1) is 6.92 Å². The Morgan fingerprint density at radius 3 is 1.76 bits per heavy atom. The van der Waals surface area contributed by atoms with Crippen molar-refractivity contribution >= 4 is 43.4 Å². The first-order valence-electron chi connectivity index (χ1n) is 14.7. The number of rotatable bonds is 4. The van der Waals surface area contributed by atoms with Crippen molar-refractivity contribution in [2.75, 3.05) is 0 Å². The molecule has 0 unspecified atom stereocenters. The Hall–Kier alpha value is -5.21. The van der Waals surface area contributed by atoms with Crippen molar-refractivity contribution in [3.8, 4) is 27.9 Å². The Labute approximate surface area is 245 Å². The van der Waals surface area contributed by atoms with E-state index in [0.29, 0.717) is 0 Å².